The van der Waals surface area contributed by atoms with Crippen LogP contribution in [0.5, 0.6) is 5.75 Å². The number of rotatable bonds is 42. The summed E-state index contributed by atoms with van der Waals surface area (Å²) in [6.45, 7) is 5.32. The number of halogens is 1. The molecule has 0 fully saturated rings. The number of hydrogen-bond acceptors (Lipinski definition) is 18. The molecular weight excluding hydrogens is 1040 g/mol. The minimum absolute atomic E-state index is 0.0345. The Kier molecular flexibility index (Phi) is 34.9. The van der Waals surface area contributed by atoms with Crippen LogP contribution in [0.1, 0.15) is 119 Å². The molecule has 0 spiro atoms. The van der Waals surface area contributed by atoms with Crippen molar-refractivity contribution < 1.29 is 28.7 Å². The molecule has 2 aromatic rings. The van der Waals surface area contributed by atoms with E-state index in [1.54, 1.807) is 0 Å². The predicted octanol–water partition coefficient (Wildman–Crippen LogP) is -2.18. The predicted molar refractivity (Wildman–Crippen MR) is 311 cm³/mol. The van der Waals surface area contributed by atoms with Crippen LogP contribution in [0.25, 0.3) is 0 Å². The third-order valence-electron chi connectivity index (χ3n) is 12.3. The van der Waals surface area contributed by atoms with E-state index < -0.39 is 30.1 Å². The first-order valence-electron chi connectivity index (χ1n) is 27.1. The van der Waals surface area contributed by atoms with Gasteiger partial charge in [0.1, 0.15) is 12.4 Å². The topological polar surface area (TPSA) is 507 Å². The van der Waals surface area contributed by atoms with Crippen LogP contribution >= 0.6 is 11.6 Å². The van der Waals surface area contributed by atoms with Crippen LogP contribution in [0, 0.1) is 0 Å². The van der Waals surface area contributed by atoms with E-state index in [0.717, 1.165) is 44.1 Å². The van der Waals surface area contributed by atoms with Crippen LogP contribution in [-0.4, -0.2) is 159 Å². The molecule has 0 radical (unpaired) electrons. The first kappa shape index (κ1) is 68.3. The average Bonchev–Trinajstić information content (AvgIpc) is 3.40. The summed E-state index contributed by atoms with van der Waals surface area (Å²) in [5, 5.41) is 13.8. The van der Waals surface area contributed by atoms with Crippen molar-refractivity contribution >= 4 is 70.7 Å². The third kappa shape index (κ3) is 32.0. The molecular formula is C50H91ClN22O6. The third-order valence-corrected chi connectivity index (χ3v) is 12.6. The second-order valence-electron chi connectivity index (χ2n) is 19.0. The number of benzene rings is 1. The van der Waals surface area contributed by atoms with Crippen LogP contribution in [0.4, 0.5) is 11.6 Å². The molecule has 28 nitrogen and oxygen atoms in total. The molecule has 0 aliphatic carbocycles. The Labute approximate surface area is 469 Å². The number of ether oxygens (including phenoxy) is 1. The van der Waals surface area contributed by atoms with E-state index in [1.807, 2.05) is 24.3 Å². The van der Waals surface area contributed by atoms with E-state index in [0.29, 0.717) is 148 Å². The summed E-state index contributed by atoms with van der Waals surface area (Å²) >= 11 is 5.87. The summed E-state index contributed by atoms with van der Waals surface area (Å²) < 4.78 is 6.13. The summed E-state index contributed by atoms with van der Waals surface area (Å²) in [5.74, 6) is -1.23. The number of aliphatic imine (C=N–C) groups is 3. The zero-order chi connectivity index (χ0) is 58.4. The molecule has 1 aromatic heterocycles. The van der Waals surface area contributed by atoms with Gasteiger partial charge in [-0.05, 0) is 140 Å². The molecule has 2 rings (SSSR count). The Bertz CT molecular complexity index is 2140. The van der Waals surface area contributed by atoms with Crippen LogP contribution in [0.2, 0.25) is 5.15 Å². The molecule has 4 atom stereocenters. The quantitative estimate of drug-likeness (QED) is 0.0191. The number of unbranched alkanes of at least 4 members (excludes halogenated alkanes) is 5. The van der Waals surface area contributed by atoms with Gasteiger partial charge in [-0.2, -0.15) is 0 Å². The van der Waals surface area contributed by atoms with Crippen molar-refractivity contribution in [2.45, 2.75) is 133 Å². The number of carbonyl (C=O) groups is 5. The molecule has 5 amide bonds. The number of nitrogens with zero attached hydrogens (tertiary/aromatic N) is 6. The van der Waals surface area contributed by atoms with Crippen molar-refractivity contribution in [3.63, 3.8) is 0 Å². The lowest BCUT2D eigenvalue weighted by molar-refractivity contribution is -0.123. The van der Waals surface area contributed by atoms with Gasteiger partial charge in [-0.25, -0.2) is 9.97 Å². The maximum Gasteiger partial charge on any atom is 0.280 e. The molecule has 29 heteroatoms. The zero-order valence-corrected chi connectivity index (χ0v) is 46.5. The fraction of sp³-hybridized carbons (Fsp3) is 0.640. The van der Waals surface area contributed by atoms with Gasteiger partial charge in [0.15, 0.2) is 40.4 Å². The number of nitrogens with two attached hydrogens (primary N) is 11. The number of nitrogen functional groups attached to an aromatic ring is 2. The highest BCUT2D eigenvalue weighted by Gasteiger charge is 2.19. The van der Waals surface area contributed by atoms with Crippen molar-refractivity contribution in [3.8, 4) is 5.75 Å². The Morgan fingerprint density at radius 1 is 0.532 bits per heavy atom. The zero-order valence-electron chi connectivity index (χ0n) is 45.8. The Morgan fingerprint density at radius 3 is 1.41 bits per heavy atom. The molecule has 0 bridgehead atoms. The summed E-state index contributed by atoms with van der Waals surface area (Å²) in [5.41, 5.74) is 63.8. The second-order valence-corrected chi connectivity index (χ2v) is 19.4. The highest BCUT2D eigenvalue weighted by Crippen LogP contribution is 2.18. The van der Waals surface area contributed by atoms with E-state index >= 15 is 0 Å². The monoisotopic (exact) mass is 1130 g/mol. The molecule has 1 aromatic carbocycles. The number of amides is 5. The van der Waals surface area contributed by atoms with Gasteiger partial charge < -0.3 is 89.1 Å². The molecule has 0 aliphatic heterocycles. The van der Waals surface area contributed by atoms with Crippen LogP contribution in [0.3, 0.4) is 0 Å². The average molecular weight is 1130 g/mol. The van der Waals surface area contributed by atoms with Gasteiger partial charge in [-0.15, -0.1) is 0 Å². The van der Waals surface area contributed by atoms with Crippen LogP contribution in [-0.2, 0) is 25.6 Å². The highest BCUT2D eigenvalue weighted by molar-refractivity contribution is 6.31. The summed E-state index contributed by atoms with van der Waals surface area (Å²) in [7, 11) is 0. The van der Waals surface area contributed by atoms with Crippen molar-refractivity contribution in [2.75, 3.05) is 83.5 Å². The maximum absolute atomic E-state index is 12.8. The minimum Gasteiger partial charge on any atom is -0.492 e. The first-order chi connectivity index (χ1) is 37.8. The minimum atomic E-state index is -0.705. The van der Waals surface area contributed by atoms with E-state index in [-0.39, 0.29) is 64.0 Å². The normalized spacial score (nSPS) is 12.9. The SMILES string of the molecule is NC(N)=NCCCC[C@H](N)C(=O)NCCCC[C@H](N)C(=O)NCCCN(CCCNC(=O)[C@@H](N)CCCCNC(=O)[C@@H](N)CCCCN=C(N)N)CCOc1ccc(CCCCN=C(N)NC(=O)c2nc(Cl)c(N)nc2N)cc1. The van der Waals surface area contributed by atoms with Crippen molar-refractivity contribution in [3.05, 3.63) is 40.7 Å². The van der Waals surface area contributed by atoms with Crippen LogP contribution < -0.4 is 94.4 Å². The fourth-order valence-electron chi connectivity index (χ4n) is 7.69. The van der Waals surface area contributed by atoms with Gasteiger partial charge in [0.05, 0.1) is 24.2 Å². The molecule has 79 heavy (non-hydrogen) atoms. The lowest BCUT2D eigenvalue weighted by Gasteiger charge is -2.23. The number of aromatic nitrogens is 2. The number of guanidine groups is 3. The fourth-order valence-corrected chi connectivity index (χ4v) is 7.82. The lowest BCUT2D eigenvalue weighted by atomic mass is 10.1. The molecule has 444 valence electrons. The number of hydrogen-bond donors (Lipinski definition) is 16. The number of aryl methyl sites for hydroxylation is 1. The number of nitrogens with one attached hydrogen (secondary N) is 5. The highest BCUT2D eigenvalue weighted by atomic mass is 35.5. The summed E-state index contributed by atoms with van der Waals surface area (Å²) in [4.78, 5) is 84.8. The van der Waals surface area contributed by atoms with Crippen molar-refractivity contribution in [2.24, 2.45) is 66.6 Å². The van der Waals surface area contributed by atoms with E-state index in [4.69, 9.17) is 79.4 Å². The largest absolute Gasteiger partial charge is 0.492 e. The number of anilines is 2. The van der Waals surface area contributed by atoms with Gasteiger partial charge in [0.2, 0.25) is 23.6 Å². The Morgan fingerprint density at radius 2 is 0.949 bits per heavy atom. The second kappa shape index (κ2) is 40.4. The summed E-state index contributed by atoms with van der Waals surface area (Å²) in [6, 6.07) is 5.22. The molecule has 1 heterocycles. The smallest absolute Gasteiger partial charge is 0.280 e. The Balaban J connectivity index is 1.80. The summed E-state index contributed by atoms with van der Waals surface area (Å²) in [6.07, 6.45) is 11.1. The molecule has 27 N–H and O–H groups in total. The maximum atomic E-state index is 12.8. The van der Waals surface area contributed by atoms with Gasteiger partial charge in [-0.3, -0.25) is 49.2 Å². The number of carbonyl (C=O) groups excluding carboxylic acids is 5. The van der Waals surface area contributed by atoms with E-state index in [2.05, 4.69) is 56.4 Å². The molecule has 0 unspecified atom stereocenters. The molecule has 0 saturated carbocycles. The van der Waals surface area contributed by atoms with Gasteiger partial charge in [0, 0.05) is 52.4 Å². The van der Waals surface area contributed by atoms with E-state index in [9.17, 15) is 24.0 Å². The first-order valence-corrected chi connectivity index (χ1v) is 27.5. The van der Waals surface area contributed by atoms with Crippen molar-refractivity contribution in [1.29, 1.82) is 0 Å². The standard InChI is InChI=1S/C50H91ClN22O6/c51-40-42(57)71-41(56)39(70-40)47(78)72-50(62)69-26-6-1-13-33-18-20-34(21-19-33)79-32-31-73(29-11-27-65-45(76)37(54)14-2-7-22-63-43(74)35(52)16-4-9-24-67-48(58)59)30-12-28-66-46(77)38(55)15-3-8-23-64-44(75)36(53)17-5-10-25-68-49(60)61/h18-21,35-38H,1-17,22-32,52-55H2,(H,63,74)(H,64,75)(H,65,76)(H,66,77)(H4,56,57,71)(H4,58,59,67)(H4,60,61,68)(H3,62,69,72,78)/t35-,36-,37-,38-/m0/s1. The van der Waals surface area contributed by atoms with Crippen LogP contribution in [0.15, 0.2) is 39.2 Å². The van der Waals surface area contributed by atoms with E-state index in [1.165, 1.54) is 0 Å². The van der Waals surface area contributed by atoms with Crippen molar-refractivity contribution in [1.82, 2.24) is 41.5 Å². The van der Waals surface area contributed by atoms with Gasteiger partial charge >= 0.3 is 0 Å². The van der Waals surface area contributed by atoms with Gasteiger partial charge in [0.25, 0.3) is 5.91 Å². The molecule has 0 aliphatic rings. The lowest BCUT2D eigenvalue weighted by Crippen LogP contribution is -2.43. The molecule has 0 saturated heterocycles. The van der Waals surface area contributed by atoms with Gasteiger partial charge in [-0.1, -0.05) is 23.7 Å². The Hall–Kier alpha value is -6.85.